The molecule has 120 valence electrons. The van der Waals surface area contributed by atoms with Gasteiger partial charge in [0.15, 0.2) is 0 Å². The fourth-order valence-electron chi connectivity index (χ4n) is 2.55. The van der Waals surface area contributed by atoms with E-state index in [0.717, 1.165) is 23.3 Å². The van der Waals surface area contributed by atoms with E-state index in [1.807, 2.05) is 42.2 Å². The van der Waals surface area contributed by atoms with Gasteiger partial charge in [-0.1, -0.05) is 30.3 Å². The van der Waals surface area contributed by atoms with E-state index in [1.165, 1.54) is 12.1 Å². The Morgan fingerprint density at radius 2 is 1.83 bits per heavy atom. The summed E-state index contributed by atoms with van der Waals surface area (Å²) in [6, 6.07) is 16.7. The van der Waals surface area contributed by atoms with E-state index < -0.39 is 0 Å². The van der Waals surface area contributed by atoms with Crippen LogP contribution in [-0.4, -0.2) is 22.1 Å². The molecule has 23 heavy (non-hydrogen) atoms. The molecule has 1 aliphatic carbocycles. The van der Waals surface area contributed by atoms with Gasteiger partial charge < -0.3 is 4.90 Å². The highest BCUT2D eigenvalue weighted by Gasteiger charge is 2.34. The molecule has 0 bridgehead atoms. The second kappa shape index (κ2) is 7.18. The summed E-state index contributed by atoms with van der Waals surface area (Å²) in [5.74, 6) is -0.0864. The Morgan fingerprint density at radius 3 is 2.43 bits per heavy atom. The molecular formula is C19H20FNOS. The van der Waals surface area contributed by atoms with Gasteiger partial charge in [-0.25, -0.2) is 4.39 Å². The number of hydrogen-bond acceptors (Lipinski definition) is 2. The first-order chi connectivity index (χ1) is 11.1. The average molecular weight is 329 g/mol. The van der Waals surface area contributed by atoms with Gasteiger partial charge in [0.1, 0.15) is 5.82 Å². The van der Waals surface area contributed by atoms with Crippen LogP contribution >= 0.6 is 11.8 Å². The van der Waals surface area contributed by atoms with Crippen LogP contribution in [-0.2, 0) is 11.3 Å². The molecule has 0 heterocycles. The maximum Gasteiger partial charge on any atom is 0.236 e. The van der Waals surface area contributed by atoms with E-state index in [-0.39, 0.29) is 17.0 Å². The molecule has 1 unspecified atom stereocenters. The van der Waals surface area contributed by atoms with E-state index in [4.69, 9.17) is 0 Å². The van der Waals surface area contributed by atoms with Gasteiger partial charge in [0.25, 0.3) is 0 Å². The van der Waals surface area contributed by atoms with Crippen molar-refractivity contribution in [3.05, 3.63) is 66.0 Å². The summed E-state index contributed by atoms with van der Waals surface area (Å²) in [4.78, 5) is 15.9. The van der Waals surface area contributed by atoms with Crippen LogP contribution in [0.3, 0.4) is 0 Å². The van der Waals surface area contributed by atoms with Crippen molar-refractivity contribution in [3.63, 3.8) is 0 Å². The van der Waals surface area contributed by atoms with Gasteiger partial charge in [0.05, 0.1) is 5.25 Å². The Bertz CT molecular complexity index is 655. The monoisotopic (exact) mass is 329 g/mol. The van der Waals surface area contributed by atoms with E-state index in [1.54, 1.807) is 23.9 Å². The zero-order chi connectivity index (χ0) is 16.2. The Hall–Kier alpha value is -1.81. The molecule has 1 fully saturated rings. The quantitative estimate of drug-likeness (QED) is 0.727. The molecule has 2 aromatic carbocycles. The van der Waals surface area contributed by atoms with Crippen LogP contribution in [0.2, 0.25) is 0 Å². The van der Waals surface area contributed by atoms with Gasteiger partial charge in [0.2, 0.25) is 5.91 Å². The van der Waals surface area contributed by atoms with E-state index in [9.17, 15) is 9.18 Å². The Labute approximate surface area is 140 Å². The van der Waals surface area contributed by atoms with Crippen LogP contribution in [0.1, 0.15) is 25.3 Å². The molecule has 1 saturated carbocycles. The van der Waals surface area contributed by atoms with Crippen LogP contribution in [0.25, 0.3) is 0 Å². The largest absolute Gasteiger partial charge is 0.334 e. The number of carbonyl (C=O) groups excluding carboxylic acids is 1. The normalized spacial score (nSPS) is 15.2. The van der Waals surface area contributed by atoms with Crippen molar-refractivity contribution in [2.24, 2.45) is 0 Å². The fourth-order valence-corrected chi connectivity index (χ4v) is 3.51. The lowest BCUT2D eigenvalue weighted by atomic mass is 10.2. The van der Waals surface area contributed by atoms with E-state index in [2.05, 4.69) is 0 Å². The second-order valence-electron chi connectivity index (χ2n) is 5.90. The van der Waals surface area contributed by atoms with Gasteiger partial charge in [-0.2, -0.15) is 0 Å². The zero-order valence-electron chi connectivity index (χ0n) is 13.1. The van der Waals surface area contributed by atoms with Gasteiger partial charge in [-0.15, -0.1) is 11.8 Å². The number of benzene rings is 2. The summed E-state index contributed by atoms with van der Waals surface area (Å²) in [6.45, 7) is 2.52. The molecule has 2 aromatic rings. The third-order valence-corrected chi connectivity index (χ3v) is 5.04. The first-order valence-electron chi connectivity index (χ1n) is 7.90. The first-order valence-corrected chi connectivity index (χ1v) is 8.78. The summed E-state index contributed by atoms with van der Waals surface area (Å²) >= 11 is 1.59. The van der Waals surface area contributed by atoms with Crippen LogP contribution in [0.4, 0.5) is 4.39 Å². The maximum atomic E-state index is 13.0. The third kappa shape index (κ3) is 4.35. The van der Waals surface area contributed by atoms with E-state index in [0.29, 0.717) is 12.6 Å². The summed E-state index contributed by atoms with van der Waals surface area (Å²) in [6.07, 6.45) is 2.13. The predicted octanol–water partition coefficient (Wildman–Crippen LogP) is 4.50. The topological polar surface area (TPSA) is 20.3 Å². The summed E-state index contributed by atoms with van der Waals surface area (Å²) in [5, 5.41) is -0.126. The summed E-state index contributed by atoms with van der Waals surface area (Å²) in [7, 11) is 0. The Balaban J connectivity index is 1.67. The smallest absolute Gasteiger partial charge is 0.236 e. The standard InChI is InChI=1S/C19H20FNOS/c1-14(23-18-5-3-2-4-6-18)19(22)21(17-11-12-17)13-15-7-9-16(20)10-8-15/h2-10,14,17H,11-13H2,1H3. The van der Waals surface area contributed by atoms with Crippen molar-refractivity contribution in [1.29, 1.82) is 0 Å². The first kappa shape index (κ1) is 16.1. The van der Waals surface area contributed by atoms with Crippen molar-refractivity contribution in [2.45, 2.75) is 42.5 Å². The number of carbonyl (C=O) groups is 1. The molecule has 1 atom stereocenters. The van der Waals surface area contributed by atoms with E-state index >= 15 is 0 Å². The number of rotatable bonds is 6. The van der Waals surface area contributed by atoms with Crippen LogP contribution in [0.5, 0.6) is 0 Å². The lowest BCUT2D eigenvalue weighted by molar-refractivity contribution is -0.131. The maximum absolute atomic E-state index is 13.0. The molecule has 0 N–H and O–H groups in total. The molecule has 0 radical (unpaired) electrons. The number of amides is 1. The number of nitrogens with zero attached hydrogens (tertiary/aromatic N) is 1. The molecule has 4 heteroatoms. The molecule has 1 aliphatic rings. The van der Waals surface area contributed by atoms with Crippen LogP contribution in [0.15, 0.2) is 59.5 Å². The average Bonchev–Trinajstić information content (AvgIpc) is 3.39. The number of thioether (sulfide) groups is 1. The Morgan fingerprint density at radius 1 is 1.17 bits per heavy atom. The van der Waals surface area contributed by atoms with Crippen molar-refractivity contribution in [2.75, 3.05) is 0 Å². The van der Waals surface area contributed by atoms with Gasteiger partial charge in [-0.05, 0) is 49.6 Å². The zero-order valence-corrected chi connectivity index (χ0v) is 13.9. The molecule has 0 aromatic heterocycles. The highest BCUT2D eigenvalue weighted by Crippen LogP contribution is 2.32. The molecular weight excluding hydrogens is 309 g/mol. The SMILES string of the molecule is CC(Sc1ccccc1)C(=O)N(Cc1ccc(F)cc1)C1CC1. The van der Waals surface area contributed by atoms with Gasteiger partial charge in [0, 0.05) is 17.5 Å². The molecule has 1 amide bonds. The van der Waals surface area contributed by atoms with Crippen molar-refractivity contribution in [1.82, 2.24) is 4.90 Å². The van der Waals surface area contributed by atoms with Crippen molar-refractivity contribution >= 4 is 17.7 Å². The van der Waals surface area contributed by atoms with Crippen LogP contribution in [0, 0.1) is 5.82 Å². The van der Waals surface area contributed by atoms with Crippen molar-refractivity contribution in [3.8, 4) is 0 Å². The van der Waals surface area contributed by atoms with Crippen LogP contribution < -0.4 is 0 Å². The third-order valence-electron chi connectivity index (χ3n) is 3.94. The molecule has 0 saturated heterocycles. The second-order valence-corrected chi connectivity index (χ2v) is 7.31. The molecule has 0 aliphatic heterocycles. The number of hydrogen-bond donors (Lipinski definition) is 0. The van der Waals surface area contributed by atoms with Gasteiger partial charge >= 0.3 is 0 Å². The minimum Gasteiger partial charge on any atom is -0.334 e. The summed E-state index contributed by atoms with van der Waals surface area (Å²) in [5.41, 5.74) is 0.976. The minimum atomic E-state index is -0.244. The van der Waals surface area contributed by atoms with Gasteiger partial charge in [-0.3, -0.25) is 4.79 Å². The Kier molecular flexibility index (Phi) is 5.01. The fraction of sp³-hybridized carbons (Fsp3) is 0.316. The molecule has 0 spiro atoms. The molecule has 3 rings (SSSR count). The highest BCUT2D eigenvalue weighted by atomic mass is 32.2. The highest BCUT2D eigenvalue weighted by molar-refractivity contribution is 8.00. The summed E-state index contributed by atoms with van der Waals surface area (Å²) < 4.78 is 13.0. The number of halogens is 1. The van der Waals surface area contributed by atoms with Crippen molar-refractivity contribution < 1.29 is 9.18 Å². The predicted molar refractivity (Wildman–Crippen MR) is 91.7 cm³/mol. The lowest BCUT2D eigenvalue weighted by Gasteiger charge is -2.25. The minimum absolute atomic E-state index is 0.126. The molecule has 2 nitrogen and oxygen atoms in total. The lowest BCUT2D eigenvalue weighted by Crippen LogP contribution is -2.37.